The van der Waals surface area contributed by atoms with Crippen molar-refractivity contribution in [2.24, 2.45) is 0 Å². The summed E-state index contributed by atoms with van der Waals surface area (Å²) in [5, 5.41) is 2.70. The van der Waals surface area contributed by atoms with Gasteiger partial charge in [-0.3, -0.25) is 9.59 Å². The molecular formula is C24H25N3O5. The first kappa shape index (κ1) is 22.7. The fourth-order valence-corrected chi connectivity index (χ4v) is 3.48. The highest BCUT2D eigenvalue weighted by atomic mass is 16.5. The Balaban J connectivity index is 1.73. The molecule has 0 radical (unpaired) electrons. The van der Waals surface area contributed by atoms with Crippen molar-refractivity contribution in [3.8, 4) is 0 Å². The molecule has 0 aromatic heterocycles. The second kappa shape index (κ2) is 9.91. The molecule has 1 aliphatic rings. The van der Waals surface area contributed by atoms with Crippen molar-refractivity contribution >= 4 is 35.2 Å². The van der Waals surface area contributed by atoms with Crippen molar-refractivity contribution in [3.05, 3.63) is 72.3 Å². The summed E-state index contributed by atoms with van der Waals surface area (Å²) < 4.78 is 4.93. The van der Waals surface area contributed by atoms with Gasteiger partial charge in [0.25, 0.3) is 5.91 Å². The normalized spacial score (nSPS) is 15.6. The quantitative estimate of drug-likeness (QED) is 0.389. The van der Waals surface area contributed by atoms with Gasteiger partial charge >= 0.3 is 12.0 Å². The van der Waals surface area contributed by atoms with Gasteiger partial charge in [0.2, 0.25) is 5.91 Å². The molecule has 8 heteroatoms. The van der Waals surface area contributed by atoms with Crippen molar-refractivity contribution in [2.75, 3.05) is 23.4 Å². The summed E-state index contributed by atoms with van der Waals surface area (Å²) in [4.78, 5) is 52.8. The van der Waals surface area contributed by atoms with Crippen LogP contribution in [0.2, 0.25) is 0 Å². The van der Waals surface area contributed by atoms with Crippen LogP contribution in [0.15, 0.2) is 61.2 Å². The number of esters is 1. The number of nitrogens with zero attached hydrogens (tertiary/aromatic N) is 2. The first-order valence-corrected chi connectivity index (χ1v) is 10.2. The van der Waals surface area contributed by atoms with Gasteiger partial charge in [-0.1, -0.05) is 18.2 Å². The SMILES string of the molecule is C=CCN1C(=O)N(c2cccc(C)c2)C(=O)C1CC(=O)Nc1ccc(C(=O)OCC)cc1. The third-order valence-corrected chi connectivity index (χ3v) is 4.96. The molecule has 8 nitrogen and oxygen atoms in total. The van der Waals surface area contributed by atoms with E-state index in [1.54, 1.807) is 49.4 Å². The number of anilines is 2. The molecule has 0 saturated carbocycles. The van der Waals surface area contributed by atoms with Gasteiger partial charge in [-0.15, -0.1) is 6.58 Å². The molecule has 1 saturated heterocycles. The summed E-state index contributed by atoms with van der Waals surface area (Å²) >= 11 is 0. The number of carbonyl (C=O) groups excluding carboxylic acids is 4. The van der Waals surface area contributed by atoms with Gasteiger partial charge in [0, 0.05) is 12.2 Å². The van der Waals surface area contributed by atoms with Crippen LogP contribution in [0.25, 0.3) is 0 Å². The molecule has 2 aromatic carbocycles. The van der Waals surface area contributed by atoms with Gasteiger partial charge in [0.15, 0.2) is 0 Å². The topological polar surface area (TPSA) is 96.0 Å². The number of hydrogen-bond donors (Lipinski definition) is 1. The lowest BCUT2D eigenvalue weighted by Crippen LogP contribution is -2.38. The minimum atomic E-state index is -0.945. The third-order valence-electron chi connectivity index (χ3n) is 4.96. The Morgan fingerprint density at radius 2 is 1.88 bits per heavy atom. The fourth-order valence-electron chi connectivity index (χ4n) is 3.48. The summed E-state index contributed by atoms with van der Waals surface area (Å²) in [7, 11) is 0. The number of nitrogens with one attached hydrogen (secondary N) is 1. The molecule has 4 amide bonds. The molecule has 3 rings (SSSR count). The minimum Gasteiger partial charge on any atom is -0.462 e. The molecule has 1 aliphatic heterocycles. The number of ether oxygens (including phenoxy) is 1. The van der Waals surface area contributed by atoms with E-state index in [1.807, 2.05) is 13.0 Å². The Hall–Kier alpha value is -3.94. The van der Waals surface area contributed by atoms with E-state index in [0.29, 0.717) is 16.9 Å². The van der Waals surface area contributed by atoms with Crippen LogP contribution in [0.3, 0.4) is 0 Å². The number of rotatable bonds is 8. The second-order valence-corrected chi connectivity index (χ2v) is 7.30. The highest BCUT2D eigenvalue weighted by Gasteiger charge is 2.46. The van der Waals surface area contributed by atoms with E-state index in [-0.39, 0.29) is 19.6 Å². The van der Waals surface area contributed by atoms with E-state index in [2.05, 4.69) is 11.9 Å². The van der Waals surface area contributed by atoms with Crippen molar-refractivity contribution in [1.29, 1.82) is 0 Å². The first-order chi connectivity index (χ1) is 15.3. The van der Waals surface area contributed by atoms with Gasteiger partial charge in [0.1, 0.15) is 6.04 Å². The van der Waals surface area contributed by atoms with Crippen molar-refractivity contribution in [3.63, 3.8) is 0 Å². The van der Waals surface area contributed by atoms with Crippen molar-refractivity contribution < 1.29 is 23.9 Å². The predicted octanol–water partition coefficient (Wildman–Crippen LogP) is 3.52. The lowest BCUT2D eigenvalue weighted by molar-refractivity contribution is -0.124. The smallest absolute Gasteiger partial charge is 0.338 e. The van der Waals surface area contributed by atoms with Crippen LogP contribution < -0.4 is 10.2 Å². The summed E-state index contributed by atoms with van der Waals surface area (Å²) in [5.41, 5.74) is 2.20. The van der Waals surface area contributed by atoms with Gasteiger partial charge in [0.05, 0.1) is 24.3 Å². The molecular weight excluding hydrogens is 410 g/mol. The summed E-state index contributed by atoms with van der Waals surface area (Å²) in [5.74, 6) is -1.34. The zero-order chi connectivity index (χ0) is 23.3. The predicted molar refractivity (Wildman–Crippen MR) is 120 cm³/mol. The number of benzene rings is 2. The maximum atomic E-state index is 13.1. The van der Waals surface area contributed by atoms with Crippen LogP contribution in [-0.2, 0) is 14.3 Å². The average molecular weight is 435 g/mol. The minimum absolute atomic E-state index is 0.138. The lowest BCUT2D eigenvalue weighted by Gasteiger charge is -2.19. The highest BCUT2D eigenvalue weighted by molar-refractivity contribution is 6.22. The van der Waals surface area contributed by atoms with Crippen LogP contribution in [0.4, 0.5) is 16.2 Å². The summed E-state index contributed by atoms with van der Waals surface area (Å²) in [6.45, 7) is 7.65. The molecule has 0 aliphatic carbocycles. The van der Waals surface area contributed by atoms with Gasteiger partial charge in [-0.05, 0) is 55.8 Å². The molecule has 0 bridgehead atoms. The van der Waals surface area contributed by atoms with Crippen LogP contribution in [0, 0.1) is 6.92 Å². The molecule has 2 aromatic rings. The van der Waals surface area contributed by atoms with Crippen molar-refractivity contribution in [1.82, 2.24) is 4.90 Å². The Morgan fingerprint density at radius 1 is 1.16 bits per heavy atom. The number of aryl methyl sites for hydroxylation is 1. The molecule has 1 fully saturated rings. The largest absolute Gasteiger partial charge is 0.462 e. The van der Waals surface area contributed by atoms with Crippen LogP contribution in [0.5, 0.6) is 0 Å². The molecule has 166 valence electrons. The van der Waals surface area contributed by atoms with Crippen LogP contribution in [0.1, 0.15) is 29.3 Å². The van der Waals surface area contributed by atoms with Gasteiger partial charge < -0.3 is 15.0 Å². The molecule has 1 heterocycles. The zero-order valence-electron chi connectivity index (χ0n) is 18.0. The number of imide groups is 1. The van der Waals surface area contributed by atoms with Gasteiger partial charge in [-0.2, -0.15) is 0 Å². The van der Waals surface area contributed by atoms with E-state index >= 15 is 0 Å². The number of hydrogen-bond acceptors (Lipinski definition) is 5. The standard InChI is InChI=1S/C24H25N3O5/c1-4-13-26-20(22(29)27(24(26)31)19-8-6-7-16(3)14-19)15-21(28)25-18-11-9-17(10-12-18)23(30)32-5-2/h4,6-12,14,20H,1,5,13,15H2,2-3H3,(H,25,28). The molecule has 0 spiro atoms. The summed E-state index contributed by atoms with van der Waals surface area (Å²) in [6, 6.07) is 11.9. The Kier molecular flexibility index (Phi) is 7.04. The van der Waals surface area contributed by atoms with Crippen LogP contribution in [-0.4, -0.2) is 47.9 Å². The van der Waals surface area contributed by atoms with E-state index < -0.39 is 29.9 Å². The Bertz CT molecular complexity index is 1050. The lowest BCUT2D eigenvalue weighted by atomic mass is 10.1. The monoisotopic (exact) mass is 435 g/mol. The summed E-state index contributed by atoms with van der Waals surface area (Å²) in [6.07, 6.45) is 1.31. The van der Waals surface area contributed by atoms with Crippen molar-refractivity contribution in [2.45, 2.75) is 26.3 Å². The second-order valence-electron chi connectivity index (χ2n) is 7.30. The Labute approximate surface area is 186 Å². The van der Waals surface area contributed by atoms with E-state index in [4.69, 9.17) is 4.74 Å². The molecule has 32 heavy (non-hydrogen) atoms. The number of carbonyl (C=O) groups is 4. The zero-order valence-corrected chi connectivity index (χ0v) is 18.0. The number of urea groups is 1. The highest BCUT2D eigenvalue weighted by Crippen LogP contribution is 2.27. The average Bonchev–Trinajstić information content (AvgIpc) is 2.98. The van der Waals surface area contributed by atoms with E-state index in [0.717, 1.165) is 10.5 Å². The Morgan fingerprint density at radius 3 is 2.50 bits per heavy atom. The number of amides is 4. The first-order valence-electron chi connectivity index (χ1n) is 10.2. The van der Waals surface area contributed by atoms with E-state index in [1.165, 1.54) is 11.0 Å². The molecule has 1 N–H and O–H groups in total. The van der Waals surface area contributed by atoms with Gasteiger partial charge in [-0.25, -0.2) is 14.5 Å². The van der Waals surface area contributed by atoms with Crippen LogP contribution >= 0.6 is 0 Å². The molecule has 1 atom stereocenters. The third kappa shape index (κ3) is 4.85. The van der Waals surface area contributed by atoms with E-state index in [9.17, 15) is 19.2 Å². The fraction of sp³-hybridized carbons (Fsp3) is 0.250. The maximum absolute atomic E-state index is 13.1. The molecule has 1 unspecified atom stereocenters. The maximum Gasteiger partial charge on any atom is 0.338 e.